The van der Waals surface area contributed by atoms with Gasteiger partial charge in [-0.3, -0.25) is 25.0 Å². The molecule has 8 heteroatoms. The van der Waals surface area contributed by atoms with Crippen LogP contribution in [0.25, 0.3) is 55.6 Å². The molecule has 8 nitrogen and oxygen atoms in total. The van der Waals surface area contributed by atoms with E-state index in [-0.39, 0.29) is 5.75 Å². The molecular weight excluding hydrogens is 390 g/mol. The van der Waals surface area contributed by atoms with Gasteiger partial charge in [-0.2, -0.15) is 5.10 Å². The number of nitrogens with zero attached hydrogens (tertiary/aromatic N) is 5. The second-order valence-electron chi connectivity index (χ2n) is 7.19. The lowest BCUT2D eigenvalue weighted by Gasteiger charge is -2.02. The van der Waals surface area contributed by atoms with Gasteiger partial charge in [-0.05, 0) is 24.3 Å². The van der Waals surface area contributed by atoms with Crippen LogP contribution in [0.2, 0.25) is 0 Å². The van der Waals surface area contributed by atoms with Gasteiger partial charge in [-0.15, -0.1) is 0 Å². The van der Waals surface area contributed by atoms with E-state index in [0.717, 1.165) is 49.9 Å². The molecule has 6 heterocycles. The van der Waals surface area contributed by atoms with E-state index in [2.05, 4.69) is 41.2 Å². The SMILES string of the molecule is Oc1cncc(-c2cc3c(-c4cc5c(-c6cccnc6)cncc5[nH]4)n[nH]c3cn2)c1. The van der Waals surface area contributed by atoms with Crippen molar-refractivity contribution in [3.8, 4) is 39.5 Å². The smallest absolute Gasteiger partial charge is 0.134 e. The molecule has 0 spiro atoms. The summed E-state index contributed by atoms with van der Waals surface area (Å²) in [5.41, 5.74) is 6.81. The molecule has 148 valence electrons. The molecule has 3 N–H and O–H groups in total. The Labute approximate surface area is 175 Å². The van der Waals surface area contributed by atoms with Gasteiger partial charge >= 0.3 is 0 Å². The lowest BCUT2D eigenvalue weighted by Crippen LogP contribution is -1.85. The van der Waals surface area contributed by atoms with Crippen LogP contribution in [0, 0.1) is 0 Å². The van der Waals surface area contributed by atoms with E-state index >= 15 is 0 Å². The highest BCUT2D eigenvalue weighted by atomic mass is 16.3. The third-order valence-corrected chi connectivity index (χ3v) is 5.24. The maximum atomic E-state index is 9.76. The van der Waals surface area contributed by atoms with Crippen LogP contribution < -0.4 is 0 Å². The second-order valence-corrected chi connectivity index (χ2v) is 7.19. The van der Waals surface area contributed by atoms with Gasteiger partial charge in [-0.1, -0.05) is 6.07 Å². The van der Waals surface area contributed by atoms with E-state index in [4.69, 9.17) is 0 Å². The van der Waals surface area contributed by atoms with E-state index in [0.29, 0.717) is 5.69 Å². The zero-order valence-electron chi connectivity index (χ0n) is 16.1. The molecule has 0 saturated carbocycles. The summed E-state index contributed by atoms with van der Waals surface area (Å²) < 4.78 is 0. The van der Waals surface area contributed by atoms with Crippen molar-refractivity contribution in [2.45, 2.75) is 0 Å². The van der Waals surface area contributed by atoms with Crippen molar-refractivity contribution in [3.05, 3.63) is 73.7 Å². The van der Waals surface area contributed by atoms with E-state index in [1.54, 1.807) is 30.9 Å². The fourth-order valence-corrected chi connectivity index (χ4v) is 3.78. The largest absolute Gasteiger partial charge is 0.506 e. The number of aromatic amines is 2. The van der Waals surface area contributed by atoms with Crippen molar-refractivity contribution in [3.63, 3.8) is 0 Å². The minimum atomic E-state index is 0.0952. The number of hydrogen-bond donors (Lipinski definition) is 3. The van der Waals surface area contributed by atoms with Crippen LogP contribution in [-0.4, -0.2) is 40.2 Å². The first-order valence-electron chi connectivity index (χ1n) is 9.62. The van der Waals surface area contributed by atoms with Crippen molar-refractivity contribution in [2.75, 3.05) is 0 Å². The zero-order chi connectivity index (χ0) is 20.8. The molecule has 31 heavy (non-hydrogen) atoms. The number of hydrogen-bond acceptors (Lipinski definition) is 6. The van der Waals surface area contributed by atoms with E-state index in [1.807, 2.05) is 30.6 Å². The van der Waals surface area contributed by atoms with Gasteiger partial charge in [0.15, 0.2) is 0 Å². The average Bonchev–Trinajstić information content (AvgIpc) is 3.43. The minimum Gasteiger partial charge on any atom is -0.506 e. The molecule has 0 saturated heterocycles. The molecule has 0 aliphatic heterocycles. The van der Waals surface area contributed by atoms with Crippen LogP contribution in [0.4, 0.5) is 0 Å². The molecular formula is C23H15N7O. The van der Waals surface area contributed by atoms with Crippen molar-refractivity contribution in [2.24, 2.45) is 0 Å². The number of pyridine rings is 4. The molecule has 0 aromatic carbocycles. The molecule has 6 aromatic heterocycles. The monoisotopic (exact) mass is 405 g/mol. The van der Waals surface area contributed by atoms with Gasteiger partial charge in [0.2, 0.25) is 0 Å². The summed E-state index contributed by atoms with van der Waals surface area (Å²) in [6.07, 6.45) is 12.0. The summed E-state index contributed by atoms with van der Waals surface area (Å²) in [6.45, 7) is 0. The van der Waals surface area contributed by atoms with Gasteiger partial charge in [0.05, 0.1) is 41.0 Å². The molecule has 0 aliphatic rings. The number of fused-ring (bicyclic) bond motifs is 2. The maximum Gasteiger partial charge on any atom is 0.134 e. The Bertz CT molecular complexity index is 1550. The van der Waals surface area contributed by atoms with Gasteiger partial charge in [0, 0.05) is 52.3 Å². The molecule has 0 fully saturated rings. The number of H-pyrrole nitrogens is 2. The van der Waals surface area contributed by atoms with E-state index < -0.39 is 0 Å². The summed E-state index contributed by atoms with van der Waals surface area (Å²) in [5.74, 6) is 0.0952. The summed E-state index contributed by atoms with van der Waals surface area (Å²) in [6, 6.07) is 9.58. The molecule has 0 atom stereocenters. The predicted octanol–water partition coefficient (Wildman–Crippen LogP) is 4.33. The number of rotatable bonds is 3. The summed E-state index contributed by atoms with van der Waals surface area (Å²) in [5, 5.41) is 19.3. The highest BCUT2D eigenvalue weighted by molar-refractivity contribution is 6.00. The molecule has 6 aromatic rings. The normalized spacial score (nSPS) is 11.4. The molecule has 0 aliphatic carbocycles. The Hall–Kier alpha value is -4.59. The Balaban J connectivity index is 1.51. The number of aromatic hydroxyl groups is 1. The second kappa shape index (κ2) is 6.74. The van der Waals surface area contributed by atoms with Crippen molar-refractivity contribution in [1.29, 1.82) is 0 Å². The lowest BCUT2D eigenvalue weighted by molar-refractivity contribution is 0.473. The molecule has 0 bridgehead atoms. The van der Waals surface area contributed by atoms with Crippen LogP contribution in [0.1, 0.15) is 0 Å². The topological polar surface area (TPSA) is 116 Å². The van der Waals surface area contributed by atoms with Crippen molar-refractivity contribution >= 4 is 21.8 Å². The van der Waals surface area contributed by atoms with Gasteiger partial charge < -0.3 is 10.1 Å². The van der Waals surface area contributed by atoms with Crippen LogP contribution in [-0.2, 0) is 0 Å². The third kappa shape index (κ3) is 2.89. The Kier molecular flexibility index (Phi) is 3.76. The fraction of sp³-hybridized carbons (Fsp3) is 0. The van der Waals surface area contributed by atoms with Crippen molar-refractivity contribution in [1.82, 2.24) is 35.1 Å². The minimum absolute atomic E-state index is 0.0952. The quantitative estimate of drug-likeness (QED) is 0.403. The summed E-state index contributed by atoms with van der Waals surface area (Å²) in [4.78, 5) is 20.6. The fourth-order valence-electron chi connectivity index (χ4n) is 3.78. The first-order chi connectivity index (χ1) is 15.3. The van der Waals surface area contributed by atoms with Crippen LogP contribution in [0.15, 0.2) is 73.7 Å². The first kappa shape index (κ1) is 17.3. The van der Waals surface area contributed by atoms with E-state index in [1.165, 1.54) is 6.20 Å². The molecule has 6 rings (SSSR count). The number of aromatic nitrogens is 7. The van der Waals surface area contributed by atoms with Crippen LogP contribution in [0.3, 0.4) is 0 Å². The van der Waals surface area contributed by atoms with Gasteiger partial charge in [-0.25, -0.2) is 0 Å². The summed E-state index contributed by atoms with van der Waals surface area (Å²) in [7, 11) is 0. The van der Waals surface area contributed by atoms with Gasteiger partial charge in [0.1, 0.15) is 11.4 Å². The zero-order valence-corrected chi connectivity index (χ0v) is 16.1. The van der Waals surface area contributed by atoms with E-state index in [9.17, 15) is 5.11 Å². The number of nitrogens with one attached hydrogen (secondary N) is 2. The third-order valence-electron chi connectivity index (χ3n) is 5.24. The molecule has 0 amide bonds. The predicted molar refractivity (Wildman–Crippen MR) is 117 cm³/mol. The van der Waals surface area contributed by atoms with Crippen molar-refractivity contribution < 1.29 is 5.11 Å². The average molecular weight is 405 g/mol. The molecule has 0 radical (unpaired) electrons. The lowest BCUT2D eigenvalue weighted by atomic mass is 10.1. The highest BCUT2D eigenvalue weighted by Crippen LogP contribution is 2.34. The maximum absolute atomic E-state index is 9.76. The first-order valence-corrected chi connectivity index (χ1v) is 9.62. The standard InChI is InChI=1S/C23H15N7O/c31-15-4-14(8-25-9-15)19-6-17-22(12-27-19)29-30-23(17)20-5-16-18(10-26-11-21(16)28-20)13-2-1-3-24-7-13/h1-12,28,31H,(H,29,30). The van der Waals surface area contributed by atoms with Crippen LogP contribution >= 0.6 is 0 Å². The van der Waals surface area contributed by atoms with Gasteiger partial charge in [0.25, 0.3) is 0 Å². The highest BCUT2D eigenvalue weighted by Gasteiger charge is 2.15. The Morgan fingerprint density at radius 2 is 1.68 bits per heavy atom. The van der Waals surface area contributed by atoms with Crippen LogP contribution in [0.5, 0.6) is 5.75 Å². The summed E-state index contributed by atoms with van der Waals surface area (Å²) >= 11 is 0. The Morgan fingerprint density at radius 3 is 2.55 bits per heavy atom. The Morgan fingerprint density at radius 1 is 0.774 bits per heavy atom. The molecule has 0 unspecified atom stereocenters.